The minimum atomic E-state index is -0.179. The van der Waals surface area contributed by atoms with Crippen LogP contribution >= 0.6 is 0 Å². The molecular weight excluding hydrogens is 283 g/mol. The molecule has 77 valence electrons. The summed E-state index contributed by atoms with van der Waals surface area (Å²) in [6.45, 7) is 0.604. The van der Waals surface area contributed by atoms with E-state index in [1.807, 2.05) is 19.0 Å². The van der Waals surface area contributed by atoms with Gasteiger partial charge in [-0.15, -0.1) is 0 Å². The summed E-state index contributed by atoms with van der Waals surface area (Å²) in [6.07, 6.45) is 0. The zero-order valence-corrected chi connectivity index (χ0v) is 9.77. The molecule has 1 rings (SSSR count). The molecule has 1 radical (unpaired) electrons. The molecule has 0 saturated carbocycles. The molecule has 0 N–H and O–H groups in total. The first-order valence-electron chi connectivity index (χ1n) is 3.50. The van der Waals surface area contributed by atoms with Gasteiger partial charge in [-0.25, -0.2) is 4.39 Å². The SMILES string of the molecule is CN(C)Cc1[c]cccc1F.[Cl-].[Pd]. The molecule has 0 aliphatic carbocycles. The van der Waals surface area contributed by atoms with Crippen LogP contribution in [0.1, 0.15) is 5.56 Å². The van der Waals surface area contributed by atoms with Crippen LogP contribution in [-0.2, 0) is 27.0 Å². The molecule has 0 unspecified atom stereocenters. The normalized spacial score (nSPS) is 8.92. The predicted octanol–water partition coefficient (Wildman–Crippen LogP) is -1.31. The maximum atomic E-state index is 12.9. The van der Waals surface area contributed by atoms with E-state index in [4.69, 9.17) is 0 Å². The fourth-order valence-corrected chi connectivity index (χ4v) is 0.888. The second-order valence-corrected chi connectivity index (χ2v) is 2.73. The minimum Gasteiger partial charge on any atom is -1.00 e. The van der Waals surface area contributed by atoms with Gasteiger partial charge in [0.1, 0.15) is 5.82 Å². The minimum absolute atomic E-state index is 0. The molecule has 0 aliphatic heterocycles. The molecule has 0 amide bonds. The second kappa shape index (κ2) is 7.46. The van der Waals surface area contributed by atoms with Crippen LogP contribution in [0.4, 0.5) is 4.39 Å². The van der Waals surface area contributed by atoms with Crippen LogP contribution in [0.2, 0.25) is 0 Å². The van der Waals surface area contributed by atoms with Gasteiger partial charge in [0.25, 0.3) is 0 Å². The molecule has 0 heterocycles. The number of hydrogen-bond acceptors (Lipinski definition) is 1. The Balaban J connectivity index is 0. The maximum absolute atomic E-state index is 12.9. The van der Waals surface area contributed by atoms with Gasteiger partial charge in [0, 0.05) is 32.5 Å². The largest absolute Gasteiger partial charge is 1.00 e. The van der Waals surface area contributed by atoms with Gasteiger partial charge in [0.05, 0.1) is 0 Å². The zero-order valence-electron chi connectivity index (χ0n) is 7.46. The van der Waals surface area contributed by atoms with E-state index in [0.29, 0.717) is 12.1 Å². The molecule has 1 aromatic carbocycles. The van der Waals surface area contributed by atoms with E-state index < -0.39 is 0 Å². The van der Waals surface area contributed by atoms with Gasteiger partial charge in [-0.3, -0.25) is 0 Å². The van der Waals surface area contributed by atoms with Gasteiger partial charge in [0.2, 0.25) is 0 Å². The van der Waals surface area contributed by atoms with Crippen molar-refractivity contribution in [1.29, 1.82) is 0 Å². The van der Waals surface area contributed by atoms with Crippen LogP contribution in [0.5, 0.6) is 0 Å². The summed E-state index contributed by atoms with van der Waals surface area (Å²) in [7, 11) is 3.81. The summed E-state index contributed by atoms with van der Waals surface area (Å²) < 4.78 is 12.9. The van der Waals surface area contributed by atoms with E-state index >= 15 is 0 Å². The van der Waals surface area contributed by atoms with Crippen LogP contribution < -0.4 is 12.4 Å². The Morgan fingerprint density at radius 2 is 2.08 bits per heavy atom. The third-order valence-electron chi connectivity index (χ3n) is 1.36. The first-order valence-corrected chi connectivity index (χ1v) is 3.50. The van der Waals surface area contributed by atoms with Gasteiger partial charge >= 0.3 is 0 Å². The smallest absolute Gasteiger partial charge is 0.128 e. The summed E-state index contributed by atoms with van der Waals surface area (Å²) in [6, 6.07) is 7.68. The van der Waals surface area contributed by atoms with Crippen molar-refractivity contribution in [2.75, 3.05) is 14.1 Å². The Bertz CT molecular complexity index is 243. The quantitative estimate of drug-likeness (QED) is 0.612. The molecule has 0 aromatic heterocycles. The Morgan fingerprint density at radius 1 is 1.46 bits per heavy atom. The fourth-order valence-electron chi connectivity index (χ4n) is 0.888. The van der Waals surface area contributed by atoms with Crippen molar-refractivity contribution >= 4 is 0 Å². The first-order chi connectivity index (χ1) is 5.20. The van der Waals surface area contributed by atoms with Gasteiger partial charge < -0.3 is 17.3 Å². The molecule has 0 atom stereocenters. The number of halogens is 2. The summed E-state index contributed by atoms with van der Waals surface area (Å²) in [5.74, 6) is -0.179. The summed E-state index contributed by atoms with van der Waals surface area (Å²) in [5, 5.41) is 0. The van der Waals surface area contributed by atoms with Gasteiger partial charge in [0.15, 0.2) is 0 Å². The molecule has 1 nitrogen and oxygen atoms in total. The zero-order chi connectivity index (χ0) is 8.27. The van der Waals surface area contributed by atoms with E-state index in [1.54, 1.807) is 12.1 Å². The monoisotopic (exact) mass is 293 g/mol. The molecule has 1 aromatic rings. The first kappa shape index (κ1) is 15.5. The van der Waals surface area contributed by atoms with E-state index in [-0.39, 0.29) is 38.6 Å². The van der Waals surface area contributed by atoms with Crippen molar-refractivity contribution in [3.8, 4) is 0 Å². The van der Waals surface area contributed by atoms with E-state index in [2.05, 4.69) is 6.07 Å². The standard InChI is InChI=1S/C9H11FN.ClH.Pd/c1-11(2)7-8-5-3-4-6-9(8)10;;/h3-4,6H,7H2,1-2H3;1H;/p-1. The summed E-state index contributed by atoms with van der Waals surface area (Å²) >= 11 is 0. The summed E-state index contributed by atoms with van der Waals surface area (Å²) in [5.41, 5.74) is 0.623. The Hall–Kier alpha value is 0.0623. The summed E-state index contributed by atoms with van der Waals surface area (Å²) in [4.78, 5) is 1.91. The molecule has 13 heavy (non-hydrogen) atoms. The van der Waals surface area contributed by atoms with Crippen LogP contribution in [0.15, 0.2) is 18.2 Å². The third kappa shape index (κ3) is 5.38. The predicted molar refractivity (Wildman–Crippen MR) is 42.6 cm³/mol. The topological polar surface area (TPSA) is 3.24 Å². The van der Waals surface area contributed by atoms with Gasteiger partial charge in [-0.05, 0) is 26.2 Å². The van der Waals surface area contributed by atoms with Crippen LogP contribution in [0.3, 0.4) is 0 Å². The van der Waals surface area contributed by atoms with E-state index in [1.165, 1.54) is 6.07 Å². The van der Waals surface area contributed by atoms with Crippen molar-refractivity contribution in [2.24, 2.45) is 0 Å². The van der Waals surface area contributed by atoms with E-state index in [9.17, 15) is 4.39 Å². The molecular formula is C9H11ClFNPd-. The Labute approximate surface area is 98.4 Å². The van der Waals surface area contributed by atoms with Gasteiger partial charge in [-0.2, -0.15) is 0 Å². The van der Waals surface area contributed by atoms with Crippen molar-refractivity contribution in [1.82, 2.24) is 4.90 Å². The van der Waals surface area contributed by atoms with Crippen molar-refractivity contribution in [3.05, 3.63) is 35.6 Å². The molecule has 0 spiro atoms. The van der Waals surface area contributed by atoms with Crippen molar-refractivity contribution in [3.63, 3.8) is 0 Å². The van der Waals surface area contributed by atoms with Crippen molar-refractivity contribution < 1.29 is 37.2 Å². The molecule has 0 aliphatic rings. The Kier molecular flexibility index (Phi) is 8.92. The number of nitrogens with zero attached hydrogens (tertiary/aromatic N) is 1. The molecule has 0 bridgehead atoms. The fraction of sp³-hybridized carbons (Fsp3) is 0.333. The molecule has 4 heteroatoms. The van der Waals surface area contributed by atoms with Crippen molar-refractivity contribution in [2.45, 2.75) is 6.54 Å². The van der Waals surface area contributed by atoms with Crippen LogP contribution in [-0.4, -0.2) is 19.0 Å². The number of hydrogen-bond donors (Lipinski definition) is 0. The van der Waals surface area contributed by atoms with Crippen LogP contribution in [0.25, 0.3) is 0 Å². The number of benzene rings is 1. The average Bonchev–Trinajstić information content (AvgIpc) is 1.93. The molecule has 0 fully saturated rings. The second-order valence-electron chi connectivity index (χ2n) is 2.73. The Morgan fingerprint density at radius 3 is 2.54 bits per heavy atom. The van der Waals surface area contributed by atoms with Crippen LogP contribution in [0, 0.1) is 11.9 Å². The third-order valence-corrected chi connectivity index (χ3v) is 1.36. The number of rotatable bonds is 2. The van der Waals surface area contributed by atoms with Gasteiger partial charge in [-0.1, -0.05) is 12.1 Å². The maximum Gasteiger partial charge on any atom is 0.128 e. The molecule has 0 saturated heterocycles. The average molecular weight is 294 g/mol. The van der Waals surface area contributed by atoms with E-state index in [0.717, 1.165) is 0 Å².